The summed E-state index contributed by atoms with van der Waals surface area (Å²) in [7, 11) is 0. The van der Waals surface area contributed by atoms with E-state index in [0.717, 1.165) is 0 Å². The van der Waals surface area contributed by atoms with Gasteiger partial charge in [-0.2, -0.15) is 0 Å². The van der Waals surface area contributed by atoms with Gasteiger partial charge < -0.3 is 10.8 Å². The quantitative estimate of drug-likeness (QED) is 0.637. The van der Waals surface area contributed by atoms with Crippen LogP contribution in [-0.2, 0) is 0 Å². The molecule has 0 aliphatic heterocycles. The third-order valence-electron chi connectivity index (χ3n) is 2.59. The van der Waals surface area contributed by atoms with Gasteiger partial charge >= 0.3 is 5.97 Å². The van der Waals surface area contributed by atoms with Gasteiger partial charge in [0, 0.05) is 11.3 Å². The fourth-order valence-electron chi connectivity index (χ4n) is 1.74. The summed E-state index contributed by atoms with van der Waals surface area (Å²) in [5, 5.41) is 9.08. The number of rotatable bonds is 3. The number of carboxylic acids is 1. The molecule has 4 nitrogen and oxygen atoms in total. The minimum atomic E-state index is -1.17. The number of hydrogen-bond donors (Lipinski definition) is 2. The van der Waals surface area contributed by atoms with Crippen LogP contribution in [0.1, 0.15) is 26.3 Å². The molecule has 4 heteroatoms. The largest absolute Gasteiger partial charge is 0.478 e. The maximum atomic E-state index is 12.2. The van der Waals surface area contributed by atoms with Crippen molar-refractivity contribution in [3.05, 3.63) is 65.2 Å². The molecule has 2 aromatic carbocycles. The molecule has 0 bridgehead atoms. The lowest BCUT2D eigenvalue weighted by Crippen LogP contribution is -2.12. The highest BCUT2D eigenvalue weighted by molar-refractivity contribution is 6.17. The topological polar surface area (TPSA) is 80.4 Å². The number of nitrogen functional groups attached to an aromatic ring is 1. The van der Waals surface area contributed by atoms with Gasteiger partial charge in [-0.15, -0.1) is 0 Å². The number of carbonyl (C=O) groups is 2. The highest BCUT2D eigenvalue weighted by atomic mass is 16.4. The zero-order valence-corrected chi connectivity index (χ0v) is 9.46. The van der Waals surface area contributed by atoms with Gasteiger partial charge in [0.25, 0.3) is 0 Å². The summed E-state index contributed by atoms with van der Waals surface area (Å²) in [6.07, 6.45) is 0. The molecular formula is C14H11NO3. The summed E-state index contributed by atoms with van der Waals surface area (Å²) < 4.78 is 0. The number of hydrogen-bond acceptors (Lipinski definition) is 3. The molecule has 3 N–H and O–H groups in total. The van der Waals surface area contributed by atoms with Crippen molar-refractivity contribution in [2.75, 3.05) is 5.73 Å². The molecule has 0 radical (unpaired) electrons. The first kappa shape index (κ1) is 11.9. The van der Waals surface area contributed by atoms with Gasteiger partial charge in [0.2, 0.25) is 0 Å². The zero-order chi connectivity index (χ0) is 13.1. The minimum Gasteiger partial charge on any atom is -0.478 e. The Morgan fingerprint density at radius 3 is 2.22 bits per heavy atom. The molecule has 90 valence electrons. The van der Waals surface area contributed by atoms with Crippen LogP contribution in [0.5, 0.6) is 0 Å². The Bertz CT molecular complexity index is 606. The number of benzene rings is 2. The lowest BCUT2D eigenvalue weighted by atomic mass is 9.97. The summed E-state index contributed by atoms with van der Waals surface area (Å²) in [6.45, 7) is 0. The molecule has 18 heavy (non-hydrogen) atoms. The molecule has 0 spiro atoms. The average molecular weight is 241 g/mol. The van der Waals surface area contributed by atoms with Gasteiger partial charge in [0.1, 0.15) is 0 Å². The molecule has 2 rings (SSSR count). The monoisotopic (exact) mass is 241 g/mol. The van der Waals surface area contributed by atoms with Crippen LogP contribution in [0, 0.1) is 0 Å². The van der Waals surface area contributed by atoms with Crippen molar-refractivity contribution >= 4 is 17.4 Å². The van der Waals surface area contributed by atoms with E-state index < -0.39 is 5.97 Å². The van der Waals surface area contributed by atoms with Crippen molar-refractivity contribution in [1.82, 2.24) is 0 Å². The van der Waals surface area contributed by atoms with Crippen LogP contribution in [0.3, 0.4) is 0 Å². The van der Waals surface area contributed by atoms with Crippen molar-refractivity contribution in [3.8, 4) is 0 Å². The van der Waals surface area contributed by atoms with E-state index in [2.05, 4.69) is 0 Å². The summed E-state index contributed by atoms with van der Waals surface area (Å²) in [6, 6.07) is 12.9. The average Bonchev–Trinajstić information content (AvgIpc) is 2.38. The van der Waals surface area contributed by atoms with E-state index in [9.17, 15) is 9.59 Å². The summed E-state index contributed by atoms with van der Waals surface area (Å²) in [4.78, 5) is 23.4. The van der Waals surface area contributed by atoms with Gasteiger partial charge in [0.05, 0.1) is 11.1 Å². The Balaban J connectivity index is 2.58. The Morgan fingerprint density at radius 1 is 0.944 bits per heavy atom. The fraction of sp³-hybridized carbons (Fsp3) is 0. The highest BCUT2D eigenvalue weighted by Gasteiger charge is 2.20. The molecule has 0 atom stereocenters. The predicted octanol–water partition coefficient (Wildman–Crippen LogP) is 2.20. The molecule has 0 amide bonds. The van der Waals surface area contributed by atoms with Crippen molar-refractivity contribution in [2.45, 2.75) is 0 Å². The molecular weight excluding hydrogens is 230 g/mol. The van der Waals surface area contributed by atoms with E-state index in [4.69, 9.17) is 10.8 Å². The van der Waals surface area contributed by atoms with Crippen LogP contribution in [0.25, 0.3) is 0 Å². The zero-order valence-electron chi connectivity index (χ0n) is 9.46. The second-order valence-electron chi connectivity index (χ2n) is 3.77. The second kappa shape index (κ2) is 4.71. The molecule has 0 aliphatic carbocycles. The molecule has 0 unspecified atom stereocenters. The number of nitrogens with two attached hydrogens (primary N) is 1. The van der Waals surface area contributed by atoms with Crippen LogP contribution >= 0.6 is 0 Å². The number of aromatic carboxylic acids is 1. The Hall–Kier alpha value is -2.62. The first-order chi connectivity index (χ1) is 8.61. The molecule has 0 saturated heterocycles. The number of ketones is 1. The van der Waals surface area contributed by atoms with Crippen LogP contribution in [0.2, 0.25) is 0 Å². The van der Waals surface area contributed by atoms with E-state index >= 15 is 0 Å². The van der Waals surface area contributed by atoms with Crippen LogP contribution < -0.4 is 5.73 Å². The van der Waals surface area contributed by atoms with Crippen molar-refractivity contribution in [3.63, 3.8) is 0 Å². The predicted molar refractivity (Wildman–Crippen MR) is 67.7 cm³/mol. The van der Waals surface area contributed by atoms with Gasteiger partial charge in [0.15, 0.2) is 5.78 Å². The first-order valence-corrected chi connectivity index (χ1v) is 5.33. The Kier molecular flexibility index (Phi) is 3.10. The molecule has 2 aromatic rings. The first-order valence-electron chi connectivity index (χ1n) is 5.33. The molecule has 0 heterocycles. The molecule has 0 aromatic heterocycles. The van der Waals surface area contributed by atoms with Crippen LogP contribution in [-0.4, -0.2) is 16.9 Å². The number of carboxylic acid groups (broad SMARTS) is 1. The maximum Gasteiger partial charge on any atom is 0.336 e. The highest BCUT2D eigenvalue weighted by Crippen LogP contribution is 2.21. The van der Waals surface area contributed by atoms with E-state index in [-0.39, 0.29) is 22.6 Å². The summed E-state index contributed by atoms with van der Waals surface area (Å²) in [5.41, 5.74) is 6.26. The third-order valence-corrected chi connectivity index (χ3v) is 2.59. The van der Waals surface area contributed by atoms with Gasteiger partial charge in [-0.25, -0.2) is 4.79 Å². The van der Waals surface area contributed by atoms with E-state index in [0.29, 0.717) is 5.56 Å². The van der Waals surface area contributed by atoms with E-state index in [1.807, 2.05) is 0 Å². The number of anilines is 1. The second-order valence-corrected chi connectivity index (χ2v) is 3.77. The van der Waals surface area contributed by atoms with Gasteiger partial charge in [-0.05, 0) is 12.1 Å². The van der Waals surface area contributed by atoms with Crippen molar-refractivity contribution in [1.29, 1.82) is 0 Å². The lowest BCUT2D eigenvalue weighted by molar-refractivity contribution is 0.0693. The third kappa shape index (κ3) is 2.08. The summed E-state index contributed by atoms with van der Waals surface area (Å²) >= 11 is 0. The Morgan fingerprint density at radius 2 is 1.61 bits per heavy atom. The van der Waals surface area contributed by atoms with Crippen LogP contribution in [0.4, 0.5) is 5.69 Å². The minimum absolute atomic E-state index is 0.0381. The smallest absolute Gasteiger partial charge is 0.336 e. The van der Waals surface area contributed by atoms with E-state index in [1.165, 1.54) is 18.2 Å². The molecule has 0 saturated carbocycles. The van der Waals surface area contributed by atoms with Crippen molar-refractivity contribution < 1.29 is 14.7 Å². The fourth-order valence-corrected chi connectivity index (χ4v) is 1.74. The van der Waals surface area contributed by atoms with Crippen molar-refractivity contribution in [2.24, 2.45) is 0 Å². The number of carbonyl (C=O) groups excluding carboxylic acids is 1. The van der Waals surface area contributed by atoms with E-state index in [1.54, 1.807) is 30.3 Å². The van der Waals surface area contributed by atoms with Crippen LogP contribution in [0.15, 0.2) is 48.5 Å². The van der Waals surface area contributed by atoms with Gasteiger partial charge in [-0.1, -0.05) is 36.4 Å². The SMILES string of the molecule is Nc1cccc(C(=O)O)c1C(=O)c1ccccc1. The summed E-state index contributed by atoms with van der Waals surface area (Å²) in [5.74, 6) is -1.55. The maximum absolute atomic E-state index is 12.2. The molecule has 0 aliphatic rings. The van der Waals surface area contributed by atoms with Gasteiger partial charge in [-0.3, -0.25) is 4.79 Å². The Labute approximate surface area is 104 Å². The normalized spacial score (nSPS) is 10.0. The standard InChI is InChI=1S/C14H11NO3/c15-11-8-4-7-10(14(17)18)12(11)13(16)9-5-2-1-3-6-9/h1-8H,15H2,(H,17,18). The molecule has 0 fully saturated rings. The lowest BCUT2D eigenvalue weighted by Gasteiger charge is -2.08.